The lowest BCUT2D eigenvalue weighted by atomic mass is 10.0. The van der Waals surface area contributed by atoms with Gasteiger partial charge in [-0.3, -0.25) is 9.59 Å². The fraction of sp³-hybridized carbons (Fsp3) is 0.833. The number of aliphatic hydroxyl groups excluding tert-OH is 1. The molecule has 140 valence electrons. The molecule has 0 heterocycles. The maximum Gasteiger partial charge on any atom is 0.248 e. The summed E-state index contributed by atoms with van der Waals surface area (Å²) in [6, 6.07) is 0. The summed E-state index contributed by atoms with van der Waals surface area (Å²) in [6.45, 7) is 0.203. The van der Waals surface area contributed by atoms with Crippen LogP contribution in [0.3, 0.4) is 0 Å². The first-order valence-corrected chi connectivity index (χ1v) is 8.90. The second-order valence-electron chi connectivity index (χ2n) is 6.23. The minimum atomic E-state index is -2.62. The summed E-state index contributed by atoms with van der Waals surface area (Å²) in [5.41, 5.74) is 5.61. The van der Waals surface area contributed by atoms with Crippen molar-refractivity contribution in [3.8, 4) is 0 Å². The Morgan fingerprint density at radius 1 is 1.17 bits per heavy atom. The summed E-state index contributed by atoms with van der Waals surface area (Å²) in [6.07, 6.45) is 8.65. The van der Waals surface area contributed by atoms with Crippen LogP contribution in [0.2, 0.25) is 0 Å². The Balaban J connectivity index is 4.04. The fourth-order valence-corrected chi connectivity index (χ4v) is 2.29. The first-order valence-electron chi connectivity index (χ1n) is 10.4. The van der Waals surface area contributed by atoms with Gasteiger partial charge in [-0.2, -0.15) is 4.99 Å². The summed E-state index contributed by atoms with van der Waals surface area (Å²) in [4.78, 5) is 27.3. The Labute approximate surface area is 150 Å². The van der Waals surface area contributed by atoms with Crippen molar-refractivity contribution in [1.82, 2.24) is 4.90 Å². The van der Waals surface area contributed by atoms with Crippen LogP contribution < -0.4 is 5.73 Å². The summed E-state index contributed by atoms with van der Waals surface area (Å²) >= 11 is 0. The normalized spacial score (nSPS) is 15.3. The smallest absolute Gasteiger partial charge is 0.248 e. The van der Waals surface area contributed by atoms with Crippen LogP contribution in [0.15, 0.2) is 4.99 Å². The van der Waals surface area contributed by atoms with E-state index in [0.29, 0.717) is 11.3 Å². The van der Waals surface area contributed by atoms with Gasteiger partial charge in [0.25, 0.3) is 0 Å². The number of nitrogens with two attached hydrogens (primary N) is 1. The lowest BCUT2D eigenvalue weighted by Crippen LogP contribution is -2.37. The molecule has 0 aromatic heterocycles. The fourth-order valence-electron chi connectivity index (χ4n) is 2.29. The third-order valence-corrected chi connectivity index (χ3v) is 3.80. The Bertz CT molecular complexity index is 482. The van der Waals surface area contributed by atoms with Crippen LogP contribution >= 0.6 is 0 Å². The molecule has 0 aromatic rings. The summed E-state index contributed by atoms with van der Waals surface area (Å²) in [5, 5.41) is 9.46. The minimum Gasteiger partial charge on any atom is -0.393 e. The molecule has 0 aliphatic rings. The minimum absolute atomic E-state index is 0.180. The van der Waals surface area contributed by atoms with E-state index in [0.717, 1.165) is 51.4 Å². The van der Waals surface area contributed by atoms with Crippen LogP contribution in [0, 0.1) is 0 Å². The van der Waals surface area contributed by atoms with Crippen molar-refractivity contribution in [2.24, 2.45) is 10.7 Å². The maximum atomic E-state index is 11.9. The van der Waals surface area contributed by atoms with Gasteiger partial charge in [0.1, 0.15) is 5.78 Å². The van der Waals surface area contributed by atoms with E-state index in [1.807, 2.05) is 6.92 Å². The molecule has 0 saturated heterocycles. The molecule has 3 N–H and O–H groups in total. The number of hydrogen-bond donors (Lipinski definition) is 2. The van der Waals surface area contributed by atoms with Crippen LogP contribution in [-0.4, -0.2) is 47.3 Å². The maximum absolute atomic E-state index is 11.9. The van der Waals surface area contributed by atoms with Crippen LogP contribution in [0.25, 0.3) is 0 Å². The second kappa shape index (κ2) is 14.0. The van der Waals surface area contributed by atoms with Crippen molar-refractivity contribution in [3.05, 3.63) is 0 Å². The number of carbonyl (C=O) groups is 2. The second-order valence-corrected chi connectivity index (χ2v) is 6.23. The number of likely N-dealkylation sites (N-methyl/N-ethyl adjacent to an activating group) is 1. The quantitative estimate of drug-likeness (QED) is 0.304. The Kier molecular flexibility index (Phi) is 10.1. The molecule has 24 heavy (non-hydrogen) atoms. The van der Waals surface area contributed by atoms with E-state index >= 15 is 0 Å². The number of hydrogen-bond acceptors (Lipinski definition) is 3. The molecule has 0 aromatic carbocycles. The van der Waals surface area contributed by atoms with Crippen molar-refractivity contribution >= 4 is 17.6 Å². The molecule has 0 bridgehead atoms. The van der Waals surface area contributed by atoms with Gasteiger partial charge in [0.2, 0.25) is 5.91 Å². The summed E-state index contributed by atoms with van der Waals surface area (Å²) in [5.74, 6) is -1.29. The highest BCUT2D eigenvalue weighted by Crippen LogP contribution is 2.11. The predicted octanol–water partition coefficient (Wildman–Crippen LogP) is 2.63. The SMILES string of the molecule is [2H]C([2H])([2H])N(CC(C)=O)C(N)=NC(=O)CCCCCCCCCC(O)CC. The third-order valence-electron chi connectivity index (χ3n) is 3.80. The van der Waals surface area contributed by atoms with E-state index in [9.17, 15) is 14.7 Å². The number of amides is 1. The van der Waals surface area contributed by atoms with Crippen molar-refractivity contribution in [3.63, 3.8) is 0 Å². The average Bonchev–Trinajstić information content (AvgIpc) is 2.56. The monoisotopic (exact) mass is 344 g/mol. The van der Waals surface area contributed by atoms with E-state index < -0.39 is 25.4 Å². The molecule has 1 amide bonds. The van der Waals surface area contributed by atoms with E-state index in [1.54, 1.807) is 0 Å². The zero-order chi connectivity index (χ0) is 20.9. The van der Waals surface area contributed by atoms with Gasteiger partial charge < -0.3 is 15.7 Å². The molecule has 0 saturated carbocycles. The number of nitrogens with zero attached hydrogens (tertiary/aromatic N) is 2. The molecule has 0 spiro atoms. The molecule has 0 aliphatic carbocycles. The number of aliphatic imine (C=N–C) groups is 1. The lowest BCUT2D eigenvalue weighted by molar-refractivity contribution is -0.119. The molecule has 1 unspecified atom stereocenters. The number of aliphatic hydroxyl groups is 1. The van der Waals surface area contributed by atoms with E-state index in [4.69, 9.17) is 9.85 Å². The first-order chi connectivity index (χ1) is 12.6. The van der Waals surface area contributed by atoms with Crippen molar-refractivity contribution in [2.75, 3.05) is 13.5 Å². The van der Waals surface area contributed by atoms with Crippen LogP contribution in [-0.2, 0) is 9.59 Å². The van der Waals surface area contributed by atoms with Gasteiger partial charge >= 0.3 is 0 Å². The summed E-state index contributed by atoms with van der Waals surface area (Å²) < 4.78 is 22.1. The predicted molar refractivity (Wildman–Crippen MR) is 97.8 cm³/mol. The zero-order valence-electron chi connectivity index (χ0n) is 18.1. The third kappa shape index (κ3) is 13.0. The van der Waals surface area contributed by atoms with Crippen molar-refractivity contribution in [1.29, 1.82) is 0 Å². The van der Waals surface area contributed by atoms with Gasteiger partial charge in [0.05, 0.1) is 12.6 Å². The van der Waals surface area contributed by atoms with Crippen molar-refractivity contribution in [2.45, 2.75) is 84.2 Å². The van der Waals surface area contributed by atoms with E-state index in [1.165, 1.54) is 6.92 Å². The Morgan fingerprint density at radius 3 is 2.29 bits per heavy atom. The number of unbranched alkanes of at least 4 members (excludes halogenated alkanes) is 6. The first kappa shape index (κ1) is 17.4. The zero-order valence-corrected chi connectivity index (χ0v) is 15.1. The van der Waals surface area contributed by atoms with Gasteiger partial charge in [-0.25, -0.2) is 0 Å². The largest absolute Gasteiger partial charge is 0.393 e. The molecule has 6 nitrogen and oxygen atoms in total. The number of guanidine groups is 1. The molecular weight excluding hydrogens is 306 g/mol. The Morgan fingerprint density at radius 2 is 1.75 bits per heavy atom. The van der Waals surface area contributed by atoms with Gasteiger partial charge in [0.15, 0.2) is 5.96 Å². The van der Waals surface area contributed by atoms with Gasteiger partial charge in [-0.1, -0.05) is 45.4 Å². The molecule has 6 heteroatoms. The van der Waals surface area contributed by atoms with Gasteiger partial charge in [-0.15, -0.1) is 0 Å². The highest BCUT2D eigenvalue weighted by atomic mass is 16.3. The Hall–Kier alpha value is -1.43. The number of rotatable bonds is 13. The number of Topliss-reactive ketones (excluding diaryl/α,β-unsaturated/α-hetero) is 1. The van der Waals surface area contributed by atoms with Crippen LogP contribution in [0.4, 0.5) is 0 Å². The molecule has 0 radical (unpaired) electrons. The standard InChI is InChI=1S/C18H35N3O3/c1-4-16(23)12-10-8-6-5-7-9-11-13-17(24)20-18(19)21(3)14-15(2)22/h16,23H,4-14H2,1-3H3,(H2,19,20,24)/i3D3. The van der Waals surface area contributed by atoms with E-state index in [2.05, 4.69) is 4.99 Å². The molecule has 0 fully saturated rings. The van der Waals surface area contributed by atoms with E-state index in [-0.39, 0.29) is 18.3 Å². The summed E-state index contributed by atoms with van der Waals surface area (Å²) in [7, 11) is 0. The average molecular weight is 345 g/mol. The lowest BCUT2D eigenvalue weighted by Gasteiger charge is -2.15. The molecule has 0 rings (SSSR count). The number of carbonyl (C=O) groups excluding carboxylic acids is 2. The topological polar surface area (TPSA) is 96.0 Å². The van der Waals surface area contributed by atoms with Gasteiger partial charge in [-0.05, 0) is 26.2 Å². The van der Waals surface area contributed by atoms with Crippen LogP contribution in [0.1, 0.15) is 82.2 Å². The van der Waals surface area contributed by atoms with Crippen molar-refractivity contribution < 1.29 is 18.8 Å². The van der Waals surface area contributed by atoms with Crippen LogP contribution in [0.5, 0.6) is 0 Å². The molecule has 1 atom stereocenters. The molecule has 0 aliphatic heterocycles. The highest BCUT2D eigenvalue weighted by molar-refractivity contribution is 5.93. The highest BCUT2D eigenvalue weighted by Gasteiger charge is 2.07. The van der Waals surface area contributed by atoms with Gasteiger partial charge in [0, 0.05) is 17.5 Å². The number of ketones is 1. The molecular formula is C18H35N3O3.